The van der Waals surface area contributed by atoms with E-state index in [1.807, 2.05) is 24.3 Å². The van der Waals surface area contributed by atoms with E-state index >= 15 is 0 Å². The lowest BCUT2D eigenvalue weighted by molar-refractivity contribution is 0.0991. The Balaban J connectivity index is 1.74. The van der Waals surface area contributed by atoms with Gasteiger partial charge < -0.3 is 4.74 Å². The first kappa shape index (κ1) is 19.7. The molecule has 0 aliphatic carbocycles. The first-order valence-electron chi connectivity index (χ1n) is 8.37. The van der Waals surface area contributed by atoms with Crippen molar-refractivity contribution in [3.8, 4) is 5.75 Å². The largest absolute Gasteiger partial charge is 0.497 e. The van der Waals surface area contributed by atoms with E-state index < -0.39 is 0 Å². The zero-order valence-electron chi connectivity index (χ0n) is 15.0. The van der Waals surface area contributed by atoms with E-state index in [1.54, 1.807) is 25.3 Å². The zero-order valence-corrected chi connectivity index (χ0v) is 18.2. The lowest BCUT2D eigenvalue weighted by atomic mass is 10.2. The average molecular weight is 490 g/mol. The summed E-state index contributed by atoms with van der Waals surface area (Å²) in [5.41, 5.74) is 1.41. The van der Waals surface area contributed by atoms with Crippen LogP contribution in [-0.2, 0) is 0 Å². The minimum absolute atomic E-state index is 0.301. The van der Waals surface area contributed by atoms with Gasteiger partial charge in [0.2, 0.25) is 5.13 Å². The van der Waals surface area contributed by atoms with Crippen molar-refractivity contribution in [2.75, 3.05) is 12.1 Å². The molecule has 1 amide bonds. The quantitative estimate of drug-likeness (QED) is 0.257. The van der Waals surface area contributed by atoms with Crippen molar-refractivity contribution >= 4 is 66.1 Å². The van der Waals surface area contributed by atoms with Crippen LogP contribution in [-0.4, -0.2) is 24.2 Å². The van der Waals surface area contributed by atoms with Gasteiger partial charge in [0.25, 0.3) is 5.91 Å². The fourth-order valence-electron chi connectivity index (χ4n) is 2.51. The van der Waals surface area contributed by atoms with Gasteiger partial charge in [-0.1, -0.05) is 23.5 Å². The number of nitrogens with zero attached hydrogens (tertiary/aromatic N) is 3. The molecule has 2 heterocycles. The van der Waals surface area contributed by atoms with E-state index in [-0.39, 0.29) is 11.7 Å². The van der Waals surface area contributed by atoms with E-state index in [2.05, 4.69) is 26.0 Å². The molecule has 0 aliphatic rings. The predicted octanol–water partition coefficient (Wildman–Crippen LogP) is 5.95. The highest BCUT2D eigenvalue weighted by Crippen LogP contribution is 2.33. The van der Waals surface area contributed by atoms with Gasteiger partial charge in [-0.3, -0.25) is 4.79 Å². The number of hydrogen-bond acceptors (Lipinski definition) is 6. The van der Waals surface area contributed by atoms with Crippen molar-refractivity contribution in [2.24, 2.45) is 5.10 Å². The van der Waals surface area contributed by atoms with Crippen LogP contribution >= 0.6 is 38.6 Å². The van der Waals surface area contributed by atoms with Crippen molar-refractivity contribution in [3.63, 3.8) is 0 Å². The second-order valence-corrected chi connectivity index (χ2v) is 9.32. The molecule has 0 atom stereocenters. The van der Waals surface area contributed by atoms with Crippen LogP contribution in [0.1, 0.15) is 15.2 Å². The molecule has 0 fully saturated rings. The molecule has 29 heavy (non-hydrogen) atoms. The van der Waals surface area contributed by atoms with Crippen LogP contribution in [0.4, 0.5) is 9.52 Å². The van der Waals surface area contributed by atoms with Crippen LogP contribution in [0.2, 0.25) is 0 Å². The molecule has 0 spiro atoms. The van der Waals surface area contributed by atoms with E-state index in [4.69, 9.17) is 4.74 Å². The van der Waals surface area contributed by atoms with Gasteiger partial charge in [-0.2, -0.15) is 10.1 Å². The number of thiophene rings is 1. The number of anilines is 1. The number of hydrazone groups is 1. The van der Waals surface area contributed by atoms with Crippen LogP contribution in [0.15, 0.2) is 63.5 Å². The van der Waals surface area contributed by atoms with Gasteiger partial charge in [0.15, 0.2) is 0 Å². The SMILES string of the molecule is COc1ccc2nc(N(/N=C/c3ccc(F)cc3)C(=O)c3ccc(Br)s3)sc2c1. The molecular weight excluding hydrogens is 477 g/mol. The normalized spacial score (nSPS) is 11.3. The fraction of sp³-hybridized carbons (Fsp3) is 0.0500. The Morgan fingerprint density at radius 1 is 1.17 bits per heavy atom. The number of methoxy groups -OCH3 is 1. The maximum Gasteiger partial charge on any atom is 0.290 e. The Kier molecular flexibility index (Phi) is 5.70. The molecule has 0 aliphatic heterocycles. The first-order valence-corrected chi connectivity index (χ1v) is 10.8. The highest BCUT2D eigenvalue weighted by atomic mass is 79.9. The fourth-order valence-corrected chi connectivity index (χ4v) is 4.77. The summed E-state index contributed by atoms with van der Waals surface area (Å²) in [6.45, 7) is 0. The Bertz CT molecular complexity index is 1200. The van der Waals surface area contributed by atoms with Gasteiger partial charge in [0.05, 0.1) is 32.2 Å². The first-order chi connectivity index (χ1) is 14.0. The molecule has 0 saturated heterocycles. The van der Waals surface area contributed by atoms with Gasteiger partial charge in [-0.15, -0.1) is 11.3 Å². The van der Waals surface area contributed by atoms with Gasteiger partial charge in [0, 0.05) is 0 Å². The summed E-state index contributed by atoms with van der Waals surface area (Å²) in [5, 5.41) is 6.06. The number of hydrogen-bond donors (Lipinski definition) is 0. The number of carbonyl (C=O) groups excluding carboxylic acids is 1. The minimum Gasteiger partial charge on any atom is -0.497 e. The molecule has 9 heteroatoms. The number of carbonyl (C=O) groups is 1. The average Bonchev–Trinajstić information content (AvgIpc) is 3.34. The Morgan fingerprint density at radius 3 is 2.66 bits per heavy atom. The monoisotopic (exact) mass is 489 g/mol. The summed E-state index contributed by atoms with van der Waals surface area (Å²) < 4.78 is 20.1. The molecule has 4 rings (SSSR count). The maximum absolute atomic E-state index is 13.2. The number of aromatic nitrogens is 1. The van der Waals surface area contributed by atoms with Crippen LogP contribution in [0.5, 0.6) is 5.75 Å². The van der Waals surface area contributed by atoms with Gasteiger partial charge in [-0.05, 0) is 64.0 Å². The molecule has 0 radical (unpaired) electrons. The lowest BCUT2D eigenvalue weighted by Crippen LogP contribution is -2.24. The Hall–Kier alpha value is -2.62. The van der Waals surface area contributed by atoms with Crippen molar-refractivity contribution in [1.82, 2.24) is 4.98 Å². The second kappa shape index (κ2) is 8.40. The summed E-state index contributed by atoms with van der Waals surface area (Å²) in [4.78, 5) is 18.2. The van der Waals surface area contributed by atoms with Crippen molar-refractivity contribution < 1.29 is 13.9 Å². The number of thiazole rings is 1. The van der Waals surface area contributed by atoms with E-state index in [1.165, 1.54) is 46.0 Å². The lowest BCUT2D eigenvalue weighted by Gasteiger charge is -2.12. The van der Waals surface area contributed by atoms with Gasteiger partial charge >= 0.3 is 0 Å². The summed E-state index contributed by atoms with van der Waals surface area (Å²) in [6, 6.07) is 14.9. The molecular formula is C20H13BrFN3O2S2. The standard InChI is InChI=1S/C20H13BrFN3O2S2/c1-27-14-6-7-15-17(10-14)29-20(24-15)25(19(26)16-8-9-18(21)28-16)23-11-12-2-4-13(22)5-3-12/h2-11H,1H3/b23-11+. The third kappa shape index (κ3) is 4.36. The summed E-state index contributed by atoms with van der Waals surface area (Å²) in [7, 11) is 1.60. The van der Waals surface area contributed by atoms with E-state index in [0.717, 1.165) is 14.0 Å². The van der Waals surface area contributed by atoms with Crippen LogP contribution in [0, 0.1) is 5.82 Å². The molecule has 0 N–H and O–H groups in total. The number of halogens is 2. The number of benzene rings is 2. The topological polar surface area (TPSA) is 54.8 Å². The number of fused-ring (bicyclic) bond motifs is 1. The number of amides is 1. The van der Waals surface area contributed by atoms with E-state index in [0.29, 0.717) is 21.3 Å². The Labute approximate surface area is 182 Å². The Morgan fingerprint density at radius 2 is 1.97 bits per heavy atom. The van der Waals surface area contributed by atoms with Gasteiger partial charge in [-0.25, -0.2) is 9.37 Å². The molecule has 0 bridgehead atoms. The molecule has 146 valence electrons. The molecule has 2 aromatic heterocycles. The van der Waals surface area contributed by atoms with Crippen molar-refractivity contribution in [1.29, 1.82) is 0 Å². The van der Waals surface area contributed by atoms with E-state index in [9.17, 15) is 9.18 Å². The predicted molar refractivity (Wildman–Crippen MR) is 119 cm³/mol. The number of ether oxygens (including phenoxy) is 1. The van der Waals surface area contributed by atoms with Gasteiger partial charge in [0.1, 0.15) is 11.6 Å². The van der Waals surface area contributed by atoms with Crippen LogP contribution in [0.3, 0.4) is 0 Å². The molecule has 4 aromatic rings. The molecule has 0 saturated carbocycles. The summed E-state index contributed by atoms with van der Waals surface area (Å²) in [5.74, 6) is 0.0753. The van der Waals surface area contributed by atoms with Crippen LogP contribution in [0.25, 0.3) is 10.2 Å². The highest BCUT2D eigenvalue weighted by molar-refractivity contribution is 9.11. The minimum atomic E-state index is -0.335. The zero-order chi connectivity index (χ0) is 20.4. The maximum atomic E-state index is 13.2. The smallest absolute Gasteiger partial charge is 0.290 e. The van der Waals surface area contributed by atoms with Crippen LogP contribution < -0.4 is 9.75 Å². The molecule has 5 nitrogen and oxygen atoms in total. The number of rotatable bonds is 5. The van der Waals surface area contributed by atoms with Crippen molar-refractivity contribution in [3.05, 3.63) is 74.6 Å². The molecule has 2 aromatic carbocycles. The van der Waals surface area contributed by atoms with Crippen molar-refractivity contribution in [2.45, 2.75) is 0 Å². The highest BCUT2D eigenvalue weighted by Gasteiger charge is 2.22. The third-order valence-electron chi connectivity index (χ3n) is 3.93. The second-order valence-electron chi connectivity index (χ2n) is 5.85. The third-order valence-corrected chi connectivity index (χ3v) is 6.54. The summed E-state index contributed by atoms with van der Waals surface area (Å²) in [6.07, 6.45) is 1.51. The molecule has 0 unspecified atom stereocenters. The summed E-state index contributed by atoms with van der Waals surface area (Å²) >= 11 is 6.03.